The lowest BCUT2D eigenvalue weighted by atomic mass is 9.85. The number of allylic oxidation sites excluding steroid dienone is 4. The summed E-state index contributed by atoms with van der Waals surface area (Å²) in [6.07, 6.45) is 7.34. The molecule has 5 N–H and O–H groups in total. The second-order valence-corrected chi connectivity index (χ2v) is 10.7. The van der Waals surface area contributed by atoms with Crippen LogP contribution in [0.1, 0.15) is 47.0 Å². The molecule has 41 heavy (non-hydrogen) atoms. The maximum absolute atomic E-state index is 13.1. The van der Waals surface area contributed by atoms with Crippen molar-refractivity contribution in [1.29, 1.82) is 0 Å². The number of carbonyl (C=O) groups excluding carboxylic acids is 3. The molecule has 1 aliphatic heterocycles. The molecule has 1 aliphatic carbocycles. The van der Waals surface area contributed by atoms with Crippen LogP contribution in [0.4, 0.5) is 4.79 Å². The van der Waals surface area contributed by atoms with Crippen molar-refractivity contribution in [2.24, 2.45) is 17.6 Å². The number of methoxy groups -OCH3 is 2. The third kappa shape index (κ3) is 9.84. The maximum Gasteiger partial charge on any atom is 0.405 e. The van der Waals surface area contributed by atoms with Crippen LogP contribution >= 0.6 is 0 Å². The molecule has 2 rings (SSSR count). The fourth-order valence-electron chi connectivity index (χ4n) is 5.11. The standard InChI is InChI=1S/C31H45N3O7/c1-8-12-33-27-22-13-18(2)14-26(40-7)28(36)20(4)15-21(5)29(41-31(32)38)25(39-6)11-9-10-19(3)30(37)34-23(16-22)17-24(27)35/h8-11,15,17-18,20,25-26,28-29,33,36H,1,12-14,16H2,2-7H3,(H2,32,38)(H,34,37). The zero-order valence-corrected chi connectivity index (χ0v) is 24.9. The van der Waals surface area contributed by atoms with E-state index < -0.39 is 30.5 Å². The van der Waals surface area contributed by atoms with Gasteiger partial charge in [0.2, 0.25) is 5.78 Å². The van der Waals surface area contributed by atoms with Gasteiger partial charge in [-0.15, -0.1) is 6.58 Å². The summed E-state index contributed by atoms with van der Waals surface area (Å²) in [7, 11) is 3.02. The number of fused-ring (bicyclic) bond motifs is 2. The van der Waals surface area contributed by atoms with Gasteiger partial charge in [0.1, 0.15) is 6.10 Å². The van der Waals surface area contributed by atoms with Crippen LogP contribution in [0.25, 0.3) is 0 Å². The normalized spacial score (nSPS) is 28.7. The van der Waals surface area contributed by atoms with Crippen molar-refractivity contribution in [3.63, 3.8) is 0 Å². The molecule has 0 aromatic carbocycles. The number of rotatable bonds is 6. The summed E-state index contributed by atoms with van der Waals surface area (Å²) in [5, 5.41) is 17.3. The molecule has 10 heteroatoms. The first-order valence-corrected chi connectivity index (χ1v) is 13.8. The van der Waals surface area contributed by atoms with Gasteiger partial charge in [0, 0.05) is 50.4 Å². The maximum atomic E-state index is 13.1. The van der Waals surface area contributed by atoms with Gasteiger partial charge >= 0.3 is 6.09 Å². The highest BCUT2D eigenvalue weighted by Crippen LogP contribution is 2.30. The number of hydrogen-bond donors (Lipinski definition) is 4. The number of amides is 2. The largest absolute Gasteiger partial charge is 0.439 e. The van der Waals surface area contributed by atoms with E-state index in [2.05, 4.69) is 17.2 Å². The van der Waals surface area contributed by atoms with Gasteiger partial charge in [-0.25, -0.2) is 4.79 Å². The number of primary amides is 1. The van der Waals surface area contributed by atoms with Gasteiger partial charge in [-0.1, -0.05) is 44.2 Å². The van der Waals surface area contributed by atoms with Gasteiger partial charge in [0.15, 0.2) is 6.10 Å². The topological polar surface area (TPSA) is 149 Å². The lowest BCUT2D eigenvalue weighted by Gasteiger charge is -2.30. The highest BCUT2D eigenvalue weighted by molar-refractivity contribution is 6.06. The molecule has 0 radical (unpaired) electrons. The summed E-state index contributed by atoms with van der Waals surface area (Å²) >= 11 is 0. The van der Waals surface area contributed by atoms with Crippen LogP contribution in [0.5, 0.6) is 0 Å². The molecule has 1 heterocycles. The van der Waals surface area contributed by atoms with Crippen LogP contribution in [-0.4, -0.2) is 68.1 Å². The third-order valence-corrected chi connectivity index (χ3v) is 7.25. The SMILES string of the molecule is C=CCNC1=C2CC(=CC1=O)NC(=O)C(C)=CC=CC(OC)C(OC(N)=O)C(C)=CC(C)C(O)C(OC)CC(C)C2. The van der Waals surface area contributed by atoms with E-state index in [1.54, 1.807) is 45.3 Å². The summed E-state index contributed by atoms with van der Waals surface area (Å²) in [5.74, 6) is -0.910. The van der Waals surface area contributed by atoms with Gasteiger partial charge in [0.25, 0.3) is 5.91 Å². The minimum Gasteiger partial charge on any atom is -0.439 e. The second-order valence-electron chi connectivity index (χ2n) is 10.7. The monoisotopic (exact) mass is 571 g/mol. The molecule has 0 aromatic rings. The van der Waals surface area contributed by atoms with E-state index in [0.717, 1.165) is 5.57 Å². The summed E-state index contributed by atoms with van der Waals surface area (Å²) in [5.41, 5.74) is 8.26. The Morgan fingerprint density at radius 2 is 1.95 bits per heavy atom. The molecule has 2 bridgehead atoms. The van der Waals surface area contributed by atoms with Crippen LogP contribution < -0.4 is 16.4 Å². The Labute approximate surface area is 243 Å². The van der Waals surface area contributed by atoms with Crippen LogP contribution in [0, 0.1) is 11.8 Å². The predicted octanol–water partition coefficient (Wildman–Crippen LogP) is 3.36. The van der Waals surface area contributed by atoms with E-state index >= 15 is 0 Å². The summed E-state index contributed by atoms with van der Waals surface area (Å²) < 4.78 is 16.7. The van der Waals surface area contributed by atoms with Crippen molar-refractivity contribution in [2.45, 2.75) is 71.4 Å². The molecule has 2 amide bonds. The zero-order valence-electron chi connectivity index (χ0n) is 24.9. The second kappa shape index (κ2) is 16.1. The molecule has 6 unspecified atom stereocenters. The van der Waals surface area contributed by atoms with Crippen LogP contribution in [0.3, 0.4) is 0 Å². The molecule has 10 nitrogen and oxygen atoms in total. The lowest BCUT2D eigenvalue weighted by Crippen LogP contribution is -2.37. The van der Waals surface area contributed by atoms with E-state index in [-0.39, 0.29) is 23.5 Å². The molecular weight excluding hydrogens is 526 g/mol. The smallest absolute Gasteiger partial charge is 0.405 e. The number of aliphatic hydroxyl groups excluding tert-OH is 1. The average molecular weight is 572 g/mol. The van der Waals surface area contributed by atoms with Gasteiger partial charge in [-0.05, 0) is 43.8 Å². The molecule has 0 aromatic heterocycles. The van der Waals surface area contributed by atoms with Crippen molar-refractivity contribution >= 4 is 17.8 Å². The minimum absolute atomic E-state index is 0.0296. The first kappa shape index (κ1) is 33.7. The highest BCUT2D eigenvalue weighted by atomic mass is 16.6. The molecule has 226 valence electrons. The van der Waals surface area contributed by atoms with Crippen molar-refractivity contribution in [2.75, 3.05) is 20.8 Å². The first-order valence-electron chi connectivity index (χ1n) is 13.8. The highest BCUT2D eigenvalue weighted by Gasteiger charge is 2.30. The molecule has 0 saturated carbocycles. The van der Waals surface area contributed by atoms with Crippen LogP contribution in [0.2, 0.25) is 0 Å². The average Bonchev–Trinajstić information content (AvgIpc) is 2.91. The number of aliphatic hydroxyl groups is 1. The van der Waals surface area contributed by atoms with Crippen molar-refractivity contribution in [3.05, 3.63) is 71.1 Å². The van der Waals surface area contributed by atoms with Gasteiger partial charge < -0.3 is 35.7 Å². The Kier molecular flexibility index (Phi) is 13.2. The Balaban J connectivity index is 2.56. The number of nitrogens with two attached hydrogens (primary N) is 1. The van der Waals surface area contributed by atoms with Crippen LogP contribution in [-0.2, 0) is 23.8 Å². The molecule has 6 atom stereocenters. The third-order valence-electron chi connectivity index (χ3n) is 7.25. The van der Waals surface area contributed by atoms with E-state index in [4.69, 9.17) is 19.9 Å². The molecular formula is C31H45N3O7. The van der Waals surface area contributed by atoms with E-state index in [1.165, 1.54) is 13.2 Å². The fraction of sp³-hybridized carbons (Fsp3) is 0.516. The van der Waals surface area contributed by atoms with Crippen molar-refractivity contribution in [3.8, 4) is 0 Å². The van der Waals surface area contributed by atoms with E-state index in [1.807, 2.05) is 19.9 Å². The Morgan fingerprint density at radius 1 is 1.24 bits per heavy atom. The quantitative estimate of drug-likeness (QED) is 0.355. The van der Waals surface area contributed by atoms with E-state index in [9.17, 15) is 19.5 Å². The van der Waals surface area contributed by atoms with Gasteiger partial charge in [-0.3, -0.25) is 9.59 Å². The number of nitrogens with one attached hydrogen (secondary N) is 2. The molecule has 2 aliphatic rings. The number of carbonyl (C=O) groups is 3. The lowest BCUT2D eigenvalue weighted by molar-refractivity contribution is -0.116. The Hall–Kier alpha value is -3.47. The summed E-state index contributed by atoms with van der Waals surface area (Å²) in [4.78, 5) is 37.7. The predicted molar refractivity (Wildman–Crippen MR) is 157 cm³/mol. The zero-order chi connectivity index (χ0) is 30.7. The van der Waals surface area contributed by atoms with Crippen molar-refractivity contribution < 1.29 is 33.7 Å². The van der Waals surface area contributed by atoms with Crippen LogP contribution in [0.15, 0.2) is 71.1 Å². The summed E-state index contributed by atoms with van der Waals surface area (Å²) in [6, 6.07) is 0. The fourth-order valence-corrected chi connectivity index (χ4v) is 5.11. The molecule has 0 fully saturated rings. The van der Waals surface area contributed by atoms with Gasteiger partial charge in [0.05, 0.1) is 17.9 Å². The number of ketones is 1. The summed E-state index contributed by atoms with van der Waals surface area (Å²) in [6.45, 7) is 11.5. The number of ether oxygens (including phenoxy) is 3. The first-order chi connectivity index (χ1) is 19.4. The Morgan fingerprint density at radius 3 is 2.56 bits per heavy atom. The minimum atomic E-state index is -0.968. The Bertz CT molecular complexity index is 1130. The van der Waals surface area contributed by atoms with E-state index in [0.29, 0.717) is 48.3 Å². The van der Waals surface area contributed by atoms with Crippen molar-refractivity contribution in [1.82, 2.24) is 10.6 Å². The number of hydrogen-bond acceptors (Lipinski definition) is 8. The molecule has 0 saturated heterocycles. The van der Waals surface area contributed by atoms with Gasteiger partial charge in [-0.2, -0.15) is 0 Å². The molecule has 0 spiro atoms.